The van der Waals surface area contributed by atoms with Gasteiger partial charge >= 0.3 is 0 Å². The lowest BCUT2D eigenvalue weighted by Gasteiger charge is -2.13. The molecule has 0 saturated carbocycles. The minimum Gasteiger partial charge on any atom is -0.457 e. The molecule has 0 saturated heterocycles. The Hall–Kier alpha value is -3.93. The van der Waals surface area contributed by atoms with Gasteiger partial charge in [0.2, 0.25) is 0 Å². The second kappa shape index (κ2) is 9.68. The second-order valence-corrected chi connectivity index (χ2v) is 5.50. The van der Waals surface area contributed by atoms with Gasteiger partial charge in [0.15, 0.2) is 0 Å². The summed E-state index contributed by atoms with van der Waals surface area (Å²) in [5.74, 6) is 3.61. The Bertz CT molecular complexity index is 911. The Morgan fingerprint density at radius 1 is 0.821 bits per heavy atom. The highest BCUT2D eigenvalue weighted by Gasteiger charge is 2.08. The molecule has 140 valence electrons. The predicted octanol–water partition coefficient (Wildman–Crippen LogP) is 5.56. The van der Waals surface area contributed by atoms with E-state index >= 15 is 0 Å². The van der Waals surface area contributed by atoms with Crippen molar-refractivity contribution in [1.29, 1.82) is 0 Å². The Labute approximate surface area is 163 Å². The fourth-order valence-electron chi connectivity index (χ4n) is 2.26. The van der Waals surface area contributed by atoms with Gasteiger partial charge < -0.3 is 14.2 Å². The highest BCUT2D eigenvalue weighted by molar-refractivity contribution is 5.46. The van der Waals surface area contributed by atoms with Crippen molar-refractivity contribution in [3.63, 3.8) is 0 Å². The predicted molar refractivity (Wildman–Crippen MR) is 108 cm³/mol. The number of aliphatic imine (C=N–C) groups is 1. The molecule has 0 radical (unpaired) electrons. The third-order valence-corrected chi connectivity index (χ3v) is 3.49. The van der Waals surface area contributed by atoms with Crippen LogP contribution in [0.5, 0.6) is 28.7 Å². The number of nitrogens with zero attached hydrogens (tertiary/aromatic N) is 3. The standard InChI is InChI=1S/C22H19N3O3/c1-3-17(4-9-23-2)26-20-14-21(27-18-5-10-24-11-6-18)16-22(15-20)28-19-7-12-25-13-8-19/h3-16H,2H2,1H3/b9-4-,17-3+. The second-order valence-electron chi connectivity index (χ2n) is 5.50. The van der Waals surface area contributed by atoms with E-state index in [4.69, 9.17) is 14.2 Å². The van der Waals surface area contributed by atoms with Crippen molar-refractivity contribution in [2.75, 3.05) is 0 Å². The number of pyridine rings is 2. The molecule has 0 aliphatic carbocycles. The molecule has 0 aliphatic heterocycles. The first kappa shape index (κ1) is 18.8. The summed E-state index contributed by atoms with van der Waals surface area (Å²) in [5.41, 5.74) is 0. The molecule has 28 heavy (non-hydrogen) atoms. The van der Waals surface area contributed by atoms with Crippen molar-refractivity contribution in [2.24, 2.45) is 4.99 Å². The summed E-state index contributed by atoms with van der Waals surface area (Å²) in [4.78, 5) is 11.7. The van der Waals surface area contributed by atoms with E-state index in [1.807, 2.05) is 13.0 Å². The average molecular weight is 373 g/mol. The smallest absolute Gasteiger partial charge is 0.134 e. The molecule has 0 N–H and O–H groups in total. The largest absolute Gasteiger partial charge is 0.457 e. The summed E-state index contributed by atoms with van der Waals surface area (Å²) in [7, 11) is 0. The van der Waals surface area contributed by atoms with Crippen LogP contribution in [0.3, 0.4) is 0 Å². The number of hydrogen-bond acceptors (Lipinski definition) is 6. The Kier molecular flexibility index (Phi) is 6.52. The lowest BCUT2D eigenvalue weighted by molar-refractivity contribution is 0.421. The molecule has 1 aromatic carbocycles. The molecular formula is C22H19N3O3. The molecule has 2 aromatic heterocycles. The normalized spacial score (nSPS) is 11.2. The van der Waals surface area contributed by atoms with Crippen LogP contribution >= 0.6 is 0 Å². The van der Waals surface area contributed by atoms with Gasteiger partial charge in [0.1, 0.15) is 34.5 Å². The van der Waals surface area contributed by atoms with Crippen LogP contribution in [-0.4, -0.2) is 16.7 Å². The molecule has 6 heteroatoms. The molecule has 0 unspecified atom stereocenters. The van der Waals surface area contributed by atoms with Crippen LogP contribution in [0, 0.1) is 0 Å². The van der Waals surface area contributed by atoms with Crippen LogP contribution < -0.4 is 14.2 Å². The number of aromatic nitrogens is 2. The van der Waals surface area contributed by atoms with Crippen LogP contribution in [0.2, 0.25) is 0 Å². The van der Waals surface area contributed by atoms with Gasteiger partial charge in [0.05, 0.1) is 0 Å². The number of benzene rings is 1. The highest BCUT2D eigenvalue weighted by atomic mass is 16.5. The molecule has 0 bridgehead atoms. The van der Waals surface area contributed by atoms with E-state index < -0.39 is 0 Å². The number of ether oxygens (including phenoxy) is 3. The molecule has 0 atom stereocenters. The van der Waals surface area contributed by atoms with Crippen molar-refractivity contribution in [1.82, 2.24) is 9.97 Å². The van der Waals surface area contributed by atoms with Crippen molar-refractivity contribution in [3.8, 4) is 28.7 Å². The number of rotatable bonds is 8. The quantitative estimate of drug-likeness (QED) is 0.294. The van der Waals surface area contributed by atoms with Gasteiger partial charge in [-0.15, -0.1) is 0 Å². The van der Waals surface area contributed by atoms with Crippen molar-refractivity contribution in [3.05, 3.63) is 91.4 Å². The first-order valence-electron chi connectivity index (χ1n) is 8.54. The molecule has 2 heterocycles. The van der Waals surface area contributed by atoms with Gasteiger partial charge in [0, 0.05) is 49.2 Å². The fourth-order valence-corrected chi connectivity index (χ4v) is 2.26. The van der Waals surface area contributed by atoms with Crippen LogP contribution in [0.4, 0.5) is 0 Å². The maximum atomic E-state index is 5.92. The summed E-state index contributed by atoms with van der Waals surface area (Å²) < 4.78 is 17.8. The SMILES string of the molecule is C=N/C=C\C(=C/C)Oc1cc(Oc2ccncc2)cc(Oc2ccncc2)c1. The molecule has 6 nitrogen and oxygen atoms in total. The molecule has 0 amide bonds. The van der Waals surface area contributed by atoms with E-state index in [2.05, 4.69) is 21.7 Å². The van der Waals surface area contributed by atoms with Gasteiger partial charge in [-0.05, 0) is 50.1 Å². The maximum Gasteiger partial charge on any atom is 0.134 e. The number of hydrogen-bond donors (Lipinski definition) is 0. The minimum atomic E-state index is 0.553. The molecule has 3 rings (SSSR count). The Morgan fingerprint density at radius 2 is 1.32 bits per heavy atom. The van der Waals surface area contributed by atoms with Crippen LogP contribution in [0.1, 0.15) is 6.92 Å². The van der Waals surface area contributed by atoms with E-state index in [-0.39, 0.29) is 0 Å². The number of allylic oxidation sites excluding steroid dienone is 2. The van der Waals surface area contributed by atoms with Crippen LogP contribution in [0.15, 0.2) is 96.4 Å². The van der Waals surface area contributed by atoms with E-state index in [0.717, 1.165) is 0 Å². The van der Waals surface area contributed by atoms with E-state index in [1.54, 1.807) is 79.5 Å². The van der Waals surface area contributed by atoms with E-state index in [0.29, 0.717) is 34.5 Å². The monoisotopic (exact) mass is 373 g/mol. The first-order valence-corrected chi connectivity index (χ1v) is 8.54. The molecular weight excluding hydrogens is 354 g/mol. The lowest BCUT2D eigenvalue weighted by Crippen LogP contribution is -1.94. The van der Waals surface area contributed by atoms with Gasteiger partial charge in [-0.25, -0.2) is 0 Å². The first-order chi connectivity index (χ1) is 13.8. The fraction of sp³-hybridized carbons (Fsp3) is 0.0455. The van der Waals surface area contributed by atoms with Gasteiger partial charge in [-0.1, -0.05) is 0 Å². The van der Waals surface area contributed by atoms with Crippen molar-refractivity contribution < 1.29 is 14.2 Å². The van der Waals surface area contributed by atoms with Gasteiger partial charge in [-0.3, -0.25) is 15.0 Å². The van der Waals surface area contributed by atoms with E-state index in [1.165, 1.54) is 0 Å². The van der Waals surface area contributed by atoms with E-state index in [9.17, 15) is 0 Å². The Balaban J connectivity index is 1.90. The van der Waals surface area contributed by atoms with Gasteiger partial charge in [-0.2, -0.15) is 0 Å². The molecule has 0 spiro atoms. The average Bonchev–Trinajstić information content (AvgIpc) is 2.72. The third kappa shape index (κ3) is 5.54. The van der Waals surface area contributed by atoms with Crippen LogP contribution in [-0.2, 0) is 0 Å². The molecule has 3 aromatic rings. The third-order valence-electron chi connectivity index (χ3n) is 3.49. The lowest BCUT2D eigenvalue weighted by atomic mass is 10.3. The van der Waals surface area contributed by atoms with Crippen LogP contribution in [0.25, 0.3) is 0 Å². The highest BCUT2D eigenvalue weighted by Crippen LogP contribution is 2.34. The van der Waals surface area contributed by atoms with Gasteiger partial charge in [0.25, 0.3) is 0 Å². The zero-order chi connectivity index (χ0) is 19.6. The van der Waals surface area contributed by atoms with Crippen molar-refractivity contribution in [2.45, 2.75) is 6.92 Å². The maximum absolute atomic E-state index is 5.92. The molecule has 0 fully saturated rings. The molecule has 0 aliphatic rings. The zero-order valence-electron chi connectivity index (χ0n) is 15.4. The topological polar surface area (TPSA) is 65.8 Å². The minimum absolute atomic E-state index is 0.553. The summed E-state index contributed by atoms with van der Waals surface area (Å²) in [6.45, 7) is 5.30. The summed E-state index contributed by atoms with van der Waals surface area (Å²) in [5, 5.41) is 0. The summed E-state index contributed by atoms with van der Waals surface area (Å²) >= 11 is 0. The Morgan fingerprint density at radius 3 is 1.79 bits per heavy atom. The zero-order valence-corrected chi connectivity index (χ0v) is 15.4. The summed E-state index contributed by atoms with van der Waals surface area (Å²) in [6.07, 6.45) is 11.7. The summed E-state index contributed by atoms with van der Waals surface area (Å²) in [6, 6.07) is 12.4. The van der Waals surface area contributed by atoms with Crippen molar-refractivity contribution >= 4 is 6.72 Å².